The number of carbonyl (C=O) groups is 1. The van der Waals surface area contributed by atoms with Gasteiger partial charge in [-0.15, -0.1) is 0 Å². The van der Waals surface area contributed by atoms with Gasteiger partial charge in [-0.3, -0.25) is 4.79 Å². The summed E-state index contributed by atoms with van der Waals surface area (Å²) in [4.78, 5) is 15.0. The molecule has 3 heterocycles. The minimum Gasteiger partial charge on any atom is -0.432 e. The highest BCUT2D eigenvalue weighted by atomic mass is 16.8. The lowest BCUT2D eigenvalue weighted by Gasteiger charge is -2.72. The van der Waals surface area contributed by atoms with Gasteiger partial charge in [-0.1, -0.05) is 53.2 Å². The molecule has 3 aliphatic heterocycles. The smallest absolute Gasteiger partial charge is 0.315 e. The second-order valence-corrected chi connectivity index (χ2v) is 23.7. The monoisotopic (exact) mass is 975 g/mol. The van der Waals surface area contributed by atoms with Gasteiger partial charge in [-0.25, -0.2) is 0 Å². The summed E-state index contributed by atoms with van der Waals surface area (Å²) in [6.45, 7) is 12.1. The lowest BCUT2D eigenvalue weighted by Crippen LogP contribution is -2.71. The van der Waals surface area contributed by atoms with Gasteiger partial charge >= 0.3 is 5.97 Å². The molecule has 3 saturated heterocycles. The second kappa shape index (κ2) is 18.5. The molecule has 13 N–H and O–H groups in total. The van der Waals surface area contributed by atoms with Crippen molar-refractivity contribution in [2.24, 2.45) is 50.2 Å². The summed E-state index contributed by atoms with van der Waals surface area (Å²) in [6, 6.07) is 0. The average Bonchev–Trinajstić information content (AvgIpc) is 3.28. The molecule has 0 amide bonds. The first-order chi connectivity index (χ1) is 31.7. The van der Waals surface area contributed by atoms with Crippen LogP contribution in [0.4, 0.5) is 0 Å². The standard InChI is InChI=1S/C48H78O20/c1-20-28(53)30(55)33(58)40(64-20)67-36-25(17-49)65-39(35(60)32(36)57)63-18-26-29(54)31(56)34(59)41(66-26)68-42(62)48-12-10-43(2,3)14-22(48)21-8-9-27-44(4)15-24(52)38(61)45(5,19-50)37(44)23(51)16-47(27,7)46(21,6)11-13-48/h8,20,22-41,49-61H,9-19H2,1-7H3/t20-,22+,23?,24-,25+,26+,27?,28-,29+,30+,31-,32+,33+,34+,35+,36+,37?,38+,39+,40+,41-,44-,45+,46-,47-,48+/m1/s1. The number of esters is 1. The Morgan fingerprint density at radius 2 is 1.29 bits per heavy atom. The lowest BCUT2D eigenvalue weighted by atomic mass is 9.33. The summed E-state index contributed by atoms with van der Waals surface area (Å²) in [7, 11) is 0. The number of rotatable bonds is 9. The van der Waals surface area contributed by atoms with Gasteiger partial charge in [-0.2, -0.15) is 0 Å². The van der Waals surface area contributed by atoms with Gasteiger partial charge in [0.1, 0.15) is 67.1 Å². The number of aliphatic hydroxyl groups is 13. The molecule has 0 radical (unpaired) electrons. The van der Waals surface area contributed by atoms with Gasteiger partial charge in [0.25, 0.3) is 0 Å². The minimum atomic E-state index is -1.89. The molecule has 20 nitrogen and oxygen atoms in total. The van der Waals surface area contributed by atoms with Crippen molar-refractivity contribution in [3.8, 4) is 0 Å². The van der Waals surface area contributed by atoms with E-state index in [0.29, 0.717) is 44.9 Å². The molecule has 0 bridgehead atoms. The first kappa shape index (κ1) is 52.8. The van der Waals surface area contributed by atoms with Crippen LogP contribution in [0.25, 0.3) is 0 Å². The first-order valence-corrected chi connectivity index (χ1v) is 24.5. The number of aliphatic hydroxyl groups excluding tert-OH is 13. The molecule has 4 saturated carbocycles. The molecule has 0 aromatic rings. The van der Waals surface area contributed by atoms with E-state index < -0.39 is 169 Å². The molecular weight excluding hydrogens is 897 g/mol. The maximum Gasteiger partial charge on any atom is 0.315 e. The van der Waals surface area contributed by atoms with E-state index in [0.717, 1.165) is 5.57 Å². The molecule has 5 aliphatic carbocycles. The van der Waals surface area contributed by atoms with E-state index in [4.69, 9.17) is 28.4 Å². The van der Waals surface area contributed by atoms with E-state index in [-0.39, 0.29) is 23.7 Å². The van der Waals surface area contributed by atoms with Crippen molar-refractivity contribution >= 4 is 5.97 Å². The van der Waals surface area contributed by atoms with Crippen molar-refractivity contribution in [3.63, 3.8) is 0 Å². The first-order valence-electron chi connectivity index (χ1n) is 24.5. The van der Waals surface area contributed by atoms with Gasteiger partial charge in [0.15, 0.2) is 12.6 Å². The predicted octanol–water partition coefficient (Wildman–Crippen LogP) is -1.92. The summed E-state index contributed by atoms with van der Waals surface area (Å²) < 4.78 is 34.6. The second-order valence-electron chi connectivity index (χ2n) is 23.7. The van der Waals surface area contributed by atoms with Crippen molar-refractivity contribution in [3.05, 3.63) is 11.6 Å². The van der Waals surface area contributed by atoms with Crippen molar-refractivity contribution in [2.75, 3.05) is 19.8 Å². The summed E-state index contributed by atoms with van der Waals surface area (Å²) in [6.07, 6.45) is -21.7. The van der Waals surface area contributed by atoms with Crippen molar-refractivity contribution in [2.45, 2.75) is 210 Å². The third kappa shape index (κ3) is 8.07. The van der Waals surface area contributed by atoms with Gasteiger partial charge < -0.3 is 94.8 Å². The molecule has 20 heteroatoms. The van der Waals surface area contributed by atoms with Crippen LogP contribution in [-0.4, -0.2) is 203 Å². The summed E-state index contributed by atoms with van der Waals surface area (Å²) in [5.74, 6) is -1.51. The van der Waals surface area contributed by atoms with E-state index in [1.165, 1.54) is 6.92 Å². The van der Waals surface area contributed by atoms with Crippen LogP contribution in [0.2, 0.25) is 0 Å². The van der Waals surface area contributed by atoms with Gasteiger partial charge in [0.2, 0.25) is 6.29 Å². The number of fused-ring (bicyclic) bond motifs is 7. The van der Waals surface area contributed by atoms with Gasteiger partial charge in [0.05, 0.1) is 49.7 Å². The molecule has 3 unspecified atom stereocenters. The highest BCUT2D eigenvalue weighted by molar-refractivity contribution is 5.79. The van der Waals surface area contributed by atoms with Crippen LogP contribution in [0, 0.1) is 50.2 Å². The average molecular weight is 975 g/mol. The Labute approximate surface area is 396 Å². The van der Waals surface area contributed by atoms with Crippen LogP contribution >= 0.6 is 0 Å². The van der Waals surface area contributed by atoms with Gasteiger partial charge in [0, 0.05) is 11.3 Å². The fraction of sp³-hybridized carbons (Fsp3) is 0.938. The summed E-state index contributed by atoms with van der Waals surface area (Å²) in [5.41, 5.74) is -3.01. The zero-order chi connectivity index (χ0) is 50.0. The number of hydrogen-bond acceptors (Lipinski definition) is 20. The van der Waals surface area contributed by atoms with Crippen LogP contribution in [0.5, 0.6) is 0 Å². The fourth-order valence-corrected chi connectivity index (χ4v) is 15.1. The van der Waals surface area contributed by atoms with Crippen molar-refractivity contribution < 1.29 is 99.6 Å². The quantitative estimate of drug-likeness (QED) is 0.0885. The van der Waals surface area contributed by atoms with Crippen LogP contribution in [-0.2, 0) is 33.2 Å². The van der Waals surface area contributed by atoms with Crippen LogP contribution in [0.15, 0.2) is 11.6 Å². The maximum atomic E-state index is 15.0. The molecule has 8 rings (SSSR count). The number of carbonyl (C=O) groups excluding carboxylic acids is 1. The number of hydrogen-bond donors (Lipinski definition) is 13. The van der Waals surface area contributed by atoms with Crippen LogP contribution < -0.4 is 0 Å². The number of allylic oxidation sites excluding steroid dienone is 2. The normalized spacial score (nSPS) is 55.7. The Kier molecular flexibility index (Phi) is 14.3. The highest BCUT2D eigenvalue weighted by Crippen LogP contribution is 2.76. The Hall–Kier alpha value is -1.51. The zero-order valence-corrected chi connectivity index (χ0v) is 40.2. The maximum absolute atomic E-state index is 15.0. The lowest BCUT2D eigenvalue weighted by molar-refractivity contribution is -0.361. The largest absolute Gasteiger partial charge is 0.432 e. The molecule has 26 atom stereocenters. The Morgan fingerprint density at radius 1 is 0.676 bits per heavy atom. The molecule has 0 aromatic carbocycles. The summed E-state index contributed by atoms with van der Waals surface area (Å²) in [5, 5.41) is 142. The Morgan fingerprint density at radius 3 is 1.96 bits per heavy atom. The topological polar surface area (TPSA) is 335 Å². The summed E-state index contributed by atoms with van der Waals surface area (Å²) >= 11 is 0. The minimum absolute atomic E-state index is 0.0494. The van der Waals surface area contributed by atoms with Crippen molar-refractivity contribution in [1.29, 1.82) is 0 Å². The van der Waals surface area contributed by atoms with Crippen LogP contribution in [0.3, 0.4) is 0 Å². The molecule has 7 fully saturated rings. The molecule has 390 valence electrons. The van der Waals surface area contributed by atoms with E-state index >= 15 is 0 Å². The third-order valence-electron chi connectivity index (χ3n) is 19.3. The Balaban J connectivity index is 0.991. The van der Waals surface area contributed by atoms with Crippen molar-refractivity contribution in [1.82, 2.24) is 0 Å². The Bertz CT molecular complexity index is 1870. The zero-order valence-electron chi connectivity index (χ0n) is 40.2. The predicted molar refractivity (Wildman–Crippen MR) is 233 cm³/mol. The van der Waals surface area contributed by atoms with Gasteiger partial charge in [-0.05, 0) is 91.8 Å². The van der Waals surface area contributed by atoms with E-state index in [2.05, 4.69) is 40.7 Å². The van der Waals surface area contributed by atoms with E-state index in [9.17, 15) is 71.2 Å². The van der Waals surface area contributed by atoms with E-state index in [1.54, 1.807) is 6.92 Å². The molecule has 68 heavy (non-hydrogen) atoms. The van der Waals surface area contributed by atoms with E-state index in [1.807, 2.05) is 0 Å². The van der Waals surface area contributed by atoms with Crippen LogP contribution in [0.1, 0.15) is 99.8 Å². The fourth-order valence-electron chi connectivity index (χ4n) is 15.1. The molecular formula is C48H78O20. The third-order valence-corrected chi connectivity index (χ3v) is 19.3. The molecule has 0 spiro atoms. The number of ether oxygens (including phenoxy) is 6. The molecule has 8 aliphatic rings. The highest BCUT2D eigenvalue weighted by Gasteiger charge is 2.73. The molecule has 0 aromatic heterocycles. The SMILES string of the molecule is C[C@H]1O[C@@H](O[C@@H]2[C@@H](O)[C@H](O)[C@@H](OC[C@@H]3O[C@H](OC(=O)[C@]45CCC(C)(C)C[C@H]4C4=CCC6[C@@]7(C)C[C@@H](O)[C@H](O)[C@@](C)(CO)C7C(O)C[C@@]6(C)[C@]4(C)CC5)[C@@H](O)[C@H](O)[C@H]3O)O[C@H]2CO)[C@@H](O)[C@@H](O)[C@@H]1O.